The van der Waals surface area contributed by atoms with E-state index in [9.17, 15) is 0 Å². The van der Waals surface area contributed by atoms with Crippen molar-refractivity contribution in [1.29, 1.82) is 0 Å². The van der Waals surface area contributed by atoms with E-state index in [1.165, 1.54) is 11.1 Å². The first-order valence-electron chi connectivity index (χ1n) is 5.14. The number of rotatable bonds is 6. The first-order valence-corrected chi connectivity index (χ1v) is 5.14. The van der Waals surface area contributed by atoms with Gasteiger partial charge in [0.15, 0.2) is 0 Å². The van der Waals surface area contributed by atoms with Gasteiger partial charge >= 0.3 is 0 Å². The Morgan fingerprint density at radius 3 is 2.80 bits per heavy atom. The highest BCUT2D eigenvalue weighted by Gasteiger charge is 1.95. The summed E-state index contributed by atoms with van der Waals surface area (Å²) in [7, 11) is 1.71. The van der Waals surface area contributed by atoms with Gasteiger partial charge in [-0.3, -0.25) is 0 Å². The molecule has 0 aromatic heterocycles. The van der Waals surface area contributed by atoms with Crippen molar-refractivity contribution in [3.63, 3.8) is 0 Å². The third-order valence-electron chi connectivity index (χ3n) is 2.06. The van der Waals surface area contributed by atoms with Gasteiger partial charge in [0.05, 0.1) is 6.61 Å². The molecule has 0 amide bonds. The fourth-order valence-electron chi connectivity index (χ4n) is 1.42. The van der Waals surface area contributed by atoms with Gasteiger partial charge in [-0.15, -0.1) is 0 Å². The highest BCUT2D eigenvalue weighted by Crippen LogP contribution is 2.06. The lowest BCUT2D eigenvalue weighted by Gasteiger charge is -2.06. The van der Waals surface area contributed by atoms with Crippen molar-refractivity contribution in [2.75, 3.05) is 13.7 Å². The maximum absolute atomic E-state index is 5.09. The molecule has 0 saturated carbocycles. The lowest BCUT2D eigenvalue weighted by Crippen LogP contribution is -2.15. The Morgan fingerprint density at radius 2 is 2.13 bits per heavy atom. The Morgan fingerprint density at radius 1 is 1.40 bits per heavy atom. The highest BCUT2D eigenvalue weighted by molar-refractivity contribution is 5.22. The van der Waals surface area contributed by atoms with Crippen LogP contribution in [-0.4, -0.2) is 13.7 Å². The molecule has 82 valence electrons. The molecule has 0 aliphatic rings. The highest BCUT2D eigenvalue weighted by atomic mass is 16.5. The second kappa shape index (κ2) is 6.38. The van der Waals surface area contributed by atoms with Gasteiger partial charge in [0, 0.05) is 20.2 Å². The Labute approximate surface area is 92.0 Å². The Hall–Kier alpha value is -1.12. The Bertz CT molecular complexity index is 320. The minimum absolute atomic E-state index is 0.675. The summed E-state index contributed by atoms with van der Waals surface area (Å²) in [5.41, 5.74) is 3.65. The summed E-state index contributed by atoms with van der Waals surface area (Å²) in [4.78, 5) is 0. The first-order chi connectivity index (χ1) is 7.22. The molecule has 15 heavy (non-hydrogen) atoms. The zero-order chi connectivity index (χ0) is 11.1. The second-order valence-electron chi connectivity index (χ2n) is 3.81. The number of ether oxygens (including phenoxy) is 1. The van der Waals surface area contributed by atoms with Gasteiger partial charge in [-0.2, -0.15) is 0 Å². The minimum Gasteiger partial charge on any atom is -0.380 e. The summed E-state index contributed by atoms with van der Waals surface area (Å²) in [6.07, 6.45) is 0. The summed E-state index contributed by atoms with van der Waals surface area (Å²) in [5.74, 6) is 0. The monoisotopic (exact) mass is 205 g/mol. The van der Waals surface area contributed by atoms with Crippen LogP contribution in [0.15, 0.2) is 36.4 Å². The second-order valence-corrected chi connectivity index (χ2v) is 3.81. The van der Waals surface area contributed by atoms with Gasteiger partial charge < -0.3 is 10.1 Å². The zero-order valence-corrected chi connectivity index (χ0v) is 9.55. The molecule has 0 spiro atoms. The standard InChI is InChI=1S/C13H19NO/c1-11(2)8-14-9-12-5-4-6-13(7-12)10-15-3/h4-7,14H,1,8-10H2,2-3H3. The van der Waals surface area contributed by atoms with Crippen molar-refractivity contribution < 1.29 is 4.74 Å². The largest absolute Gasteiger partial charge is 0.380 e. The first kappa shape index (κ1) is 12.0. The summed E-state index contributed by atoms with van der Waals surface area (Å²) >= 11 is 0. The number of hydrogen-bond acceptors (Lipinski definition) is 2. The Balaban J connectivity index is 2.46. The predicted octanol–water partition coefficient (Wildman–Crippen LogP) is 2.50. The molecule has 0 unspecified atom stereocenters. The van der Waals surface area contributed by atoms with Crippen LogP contribution in [0.25, 0.3) is 0 Å². The summed E-state index contributed by atoms with van der Waals surface area (Å²) in [6.45, 7) is 8.30. The van der Waals surface area contributed by atoms with E-state index < -0.39 is 0 Å². The van der Waals surface area contributed by atoms with Crippen LogP contribution in [0.3, 0.4) is 0 Å². The van der Waals surface area contributed by atoms with E-state index in [0.717, 1.165) is 18.7 Å². The van der Waals surface area contributed by atoms with Crippen LogP contribution in [0.2, 0.25) is 0 Å². The fraction of sp³-hybridized carbons (Fsp3) is 0.385. The minimum atomic E-state index is 0.675. The predicted molar refractivity (Wildman–Crippen MR) is 63.7 cm³/mol. The maximum Gasteiger partial charge on any atom is 0.0713 e. The molecule has 0 saturated heterocycles. The van der Waals surface area contributed by atoms with Gasteiger partial charge in [0.1, 0.15) is 0 Å². The van der Waals surface area contributed by atoms with Crippen molar-refractivity contribution in [3.05, 3.63) is 47.5 Å². The van der Waals surface area contributed by atoms with Crippen LogP contribution >= 0.6 is 0 Å². The van der Waals surface area contributed by atoms with E-state index in [2.05, 4.69) is 36.2 Å². The number of nitrogens with one attached hydrogen (secondary N) is 1. The third-order valence-corrected chi connectivity index (χ3v) is 2.06. The number of hydrogen-bond donors (Lipinski definition) is 1. The van der Waals surface area contributed by atoms with Crippen LogP contribution in [0.5, 0.6) is 0 Å². The third kappa shape index (κ3) is 4.77. The van der Waals surface area contributed by atoms with Crippen molar-refractivity contribution >= 4 is 0 Å². The molecular weight excluding hydrogens is 186 g/mol. The molecule has 0 bridgehead atoms. The van der Waals surface area contributed by atoms with Gasteiger partial charge in [0.25, 0.3) is 0 Å². The average molecular weight is 205 g/mol. The van der Waals surface area contributed by atoms with Gasteiger partial charge in [-0.1, -0.05) is 36.4 Å². The quantitative estimate of drug-likeness (QED) is 0.720. The molecule has 0 aliphatic carbocycles. The molecular formula is C13H19NO. The average Bonchev–Trinajstić information content (AvgIpc) is 2.18. The normalized spacial score (nSPS) is 10.3. The smallest absolute Gasteiger partial charge is 0.0713 e. The van der Waals surface area contributed by atoms with Crippen molar-refractivity contribution in [2.24, 2.45) is 0 Å². The molecule has 0 fully saturated rings. The molecule has 0 radical (unpaired) electrons. The van der Waals surface area contributed by atoms with Crippen LogP contribution in [0, 0.1) is 0 Å². The molecule has 0 heterocycles. The van der Waals surface area contributed by atoms with Crippen LogP contribution in [0.4, 0.5) is 0 Å². The van der Waals surface area contributed by atoms with E-state index in [0.29, 0.717) is 6.61 Å². The van der Waals surface area contributed by atoms with Crippen molar-refractivity contribution in [1.82, 2.24) is 5.32 Å². The zero-order valence-electron chi connectivity index (χ0n) is 9.55. The van der Waals surface area contributed by atoms with Crippen LogP contribution in [-0.2, 0) is 17.9 Å². The summed E-state index contributed by atoms with van der Waals surface area (Å²) < 4.78 is 5.09. The lowest BCUT2D eigenvalue weighted by molar-refractivity contribution is 0.185. The number of methoxy groups -OCH3 is 1. The molecule has 0 atom stereocenters. The molecule has 0 aliphatic heterocycles. The van der Waals surface area contributed by atoms with E-state index in [-0.39, 0.29) is 0 Å². The van der Waals surface area contributed by atoms with Crippen molar-refractivity contribution in [3.8, 4) is 0 Å². The van der Waals surface area contributed by atoms with E-state index in [1.54, 1.807) is 7.11 Å². The maximum atomic E-state index is 5.09. The van der Waals surface area contributed by atoms with Crippen molar-refractivity contribution in [2.45, 2.75) is 20.1 Å². The fourth-order valence-corrected chi connectivity index (χ4v) is 1.42. The molecule has 2 heteroatoms. The molecule has 1 rings (SSSR count). The molecule has 1 aromatic rings. The van der Waals surface area contributed by atoms with Gasteiger partial charge in [0.2, 0.25) is 0 Å². The van der Waals surface area contributed by atoms with E-state index in [4.69, 9.17) is 4.74 Å². The van der Waals surface area contributed by atoms with E-state index in [1.807, 2.05) is 6.92 Å². The van der Waals surface area contributed by atoms with Gasteiger partial charge in [-0.25, -0.2) is 0 Å². The summed E-state index contributed by atoms with van der Waals surface area (Å²) in [5, 5.41) is 3.33. The summed E-state index contributed by atoms with van der Waals surface area (Å²) in [6, 6.07) is 8.41. The molecule has 1 N–H and O–H groups in total. The molecule has 1 aromatic carbocycles. The lowest BCUT2D eigenvalue weighted by atomic mass is 10.1. The molecule has 2 nitrogen and oxygen atoms in total. The van der Waals surface area contributed by atoms with Crippen LogP contribution in [0.1, 0.15) is 18.1 Å². The van der Waals surface area contributed by atoms with E-state index >= 15 is 0 Å². The number of benzene rings is 1. The van der Waals surface area contributed by atoms with Crippen LogP contribution < -0.4 is 5.32 Å². The van der Waals surface area contributed by atoms with Gasteiger partial charge in [-0.05, 0) is 18.1 Å². The Kier molecular flexibility index (Phi) is 5.08. The SMILES string of the molecule is C=C(C)CNCc1cccc(COC)c1. The topological polar surface area (TPSA) is 21.3 Å².